The second-order valence-corrected chi connectivity index (χ2v) is 6.71. The number of anilines is 1. The smallest absolute Gasteiger partial charge is 0.325 e. The molecule has 0 bridgehead atoms. The van der Waals surface area contributed by atoms with Gasteiger partial charge >= 0.3 is 6.03 Å². The molecule has 0 aliphatic rings. The second-order valence-electron chi connectivity index (χ2n) is 5.78. The summed E-state index contributed by atoms with van der Waals surface area (Å²) in [5.41, 5.74) is 0.362. The summed E-state index contributed by atoms with van der Waals surface area (Å²) in [5.74, 6) is 0.0646. The number of para-hydroxylation sites is 1. The summed E-state index contributed by atoms with van der Waals surface area (Å²) in [5, 5.41) is 12.9. The van der Waals surface area contributed by atoms with Crippen molar-refractivity contribution in [2.75, 3.05) is 11.1 Å². The SMILES string of the molecule is CC(C)(C)c1nnc(SCC(=O)NC(=O)Nc2ccccc2)o1. The molecule has 2 rings (SSSR count). The maximum atomic E-state index is 11.7. The molecule has 0 radical (unpaired) electrons. The third-order valence-corrected chi connectivity index (χ3v) is 3.48. The van der Waals surface area contributed by atoms with Crippen molar-refractivity contribution in [3.8, 4) is 0 Å². The molecule has 0 unspecified atom stereocenters. The number of aromatic nitrogens is 2. The van der Waals surface area contributed by atoms with E-state index in [1.54, 1.807) is 24.3 Å². The van der Waals surface area contributed by atoms with Gasteiger partial charge in [0.1, 0.15) is 0 Å². The van der Waals surface area contributed by atoms with E-state index < -0.39 is 11.9 Å². The molecule has 1 aromatic carbocycles. The number of hydrogen-bond acceptors (Lipinski definition) is 6. The van der Waals surface area contributed by atoms with Crippen LogP contribution in [0.2, 0.25) is 0 Å². The van der Waals surface area contributed by atoms with Crippen LogP contribution >= 0.6 is 11.8 Å². The number of carbonyl (C=O) groups excluding carboxylic acids is 2. The molecule has 0 atom stereocenters. The summed E-state index contributed by atoms with van der Waals surface area (Å²) >= 11 is 1.08. The lowest BCUT2D eigenvalue weighted by molar-refractivity contribution is -0.117. The average Bonchev–Trinajstić information content (AvgIpc) is 2.95. The van der Waals surface area contributed by atoms with Gasteiger partial charge in [-0.25, -0.2) is 4.79 Å². The highest BCUT2D eigenvalue weighted by Gasteiger charge is 2.22. The Morgan fingerprint density at radius 2 is 1.87 bits per heavy atom. The van der Waals surface area contributed by atoms with Gasteiger partial charge in [-0.3, -0.25) is 10.1 Å². The van der Waals surface area contributed by atoms with Crippen LogP contribution in [0, 0.1) is 0 Å². The molecule has 1 aromatic heterocycles. The van der Waals surface area contributed by atoms with Crippen LogP contribution in [-0.2, 0) is 10.2 Å². The summed E-state index contributed by atoms with van der Waals surface area (Å²) < 4.78 is 5.46. The van der Waals surface area contributed by atoms with Crippen LogP contribution in [-0.4, -0.2) is 27.9 Å². The first-order valence-electron chi connectivity index (χ1n) is 6.97. The van der Waals surface area contributed by atoms with Crippen molar-refractivity contribution < 1.29 is 14.0 Å². The van der Waals surface area contributed by atoms with Crippen LogP contribution in [0.3, 0.4) is 0 Å². The van der Waals surface area contributed by atoms with E-state index in [2.05, 4.69) is 20.8 Å². The molecule has 2 N–H and O–H groups in total. The van der Waals surface area contributed by atoms with Crippen LogP contribution < -0.4 is 10.6 Å². The van der Waals surface area contributed by atoms with E-state index in [-0.39, 0.29) is 11.2 Å². The maximum absolute atomic E-state index is 11.7. The first kappa shape index (κ1) is 17.0. The number of nitrogens with zero attached hydrogens (tertiary/aromatic N) is 2. The van der Waals surface area contributed by atoms with Crippen LogP contribution in [0.5, 0.6) is 0 Å². The van der Waals surface area contributed by atoms with Crippen molar-refractivity contribution in [3.63, 3.8) is 0 Å². The van der Waals surface area contributed by atoms with E-state index >= 15 is 0 Å². The number of carbonyl (C=O) groups is 2. The van der Waals surface area contributed by atoms with E-state index in [9.17, 15) is 9.59 Å². The van der Waals surface area contributed by atoms with Crippen molar-refractivity contribution in [3.05, 3.63) is 36.2 Å². The van der Waals surface area contributed by atoms with Gasteiger partial charge in [-0.1, -0.05) is 50.7 Å². The summed E-state index contributed by atoms with van der Waals surface area (Å²) in [6.07, 6.45) is 0. The van der Waals surface area contributed by atoms with Gasteiger partial charge in [-0.2, -0.15) is 0 Å². The Kier molecular flexibility index (Phi) is 5.38. The molecule has 0 aliphatic carbocycles. The highest BCUT2D eigenvalue weighted by Crippen LogP contribution is 2.24. The second kappa shape index (κ2) is 7.28. The van der Waals surface area contributed by atoms with Crippen molar-refractivity contribution in [1.29, 1.82) is 0 Å². The lowest BCUT2D eigenvalue weighted by Crippen LogP contribution is -2.35. The molecule has 0 fully saturated rings. The molecule has 1 heterocycles. The molecule has 23 heavy (non-hydrogen) atoms. The van der Waals surface area contributed by atoms with Gasteiger partial charge in [-0.15, -0.1) is 10.2 Å². The summed E-state index contributed by atoms with van der Waals surface area (Å²) in [6.45, 7) is 5.86. The Bertz CT molecular complexity index is 680. The fraction of sp³-hybridized carbons (Fsp3) is 0.333. The van der Waals surface area contributed by atoms with Gasteiger partial charge in [0.25, 0.3) is 5.22 Å². The van der Waals surface area contributed by atoms with Crippen LogP contribution in [0.15, 0.2) is 40.0 Å². The van der Waals surface area contributed by atoms with E-state index in [0.29, 0.717) is 16.8 Å². The zero-order valence-electron chi connectivity index (χ0n) is 13.1. The fourth-order valence-corrected chi connectivity index (χ4v) is 2.11. The molecular weight excluding hydrogens is 316 g/mol. The Labute approximate surface area is 138 Å². The van der Waals surface area contributed by atoms with Gasteiger partial charge < -0.3 is 9.73 Å². The minimum absolute atomic E-state index is 0.00792. The van der Waals surface area contributed by atoms with E-state index in [1.165, 1.54) is 0 Å². The molecule has 8 heteroatoms. The molecule has 3 amide bonds. The Balaban J connectivity index is 1.79. The largest absolute Gasteiger partial charge is 0.415 e. The third kappa shape index (κ3) is 5.41. The number of hydrogen-bond donors (Lipinski definition) is 2. The van der Waals surface area contributed by atoms with E-state index in [4.69, 9.17) is 4.42 Å². The third-order valence-electron chi connectivity index (χ3n) is 2.66. The quantitative estimate of drug-likeness (QED) is 0.835. The molecule has 0 saturated heterocycles. The van der Waals surface area contributed by atoms with Gasteiger partial charge in [0.05, 0.1) is 5.75 Å². The van der Waals surface area contributed by atoms with Gasteiger partial charge in [0.2, 0.25) is 11.8 Å². The molecule has 122 valence electrons. The average molecular weight is 334 g/mol. The molecular formula is C15H18N4O3S. The number of amides is 3. The topological polar surface area (TPSA) is 97.1 Å². The zero-order chi connectivity index (χ0) is 16.9. The Hall–Kier alpha value is -2.35. The molecule has 7 nitrogen and oxygen atoms in total. The van der Waals surface area contributed by atoms with Gasteiger partial charge in [0.15, 0.2) is 0 Å². The zero-order valence-corrected chi connectivity index (χ0v) is 13.9. The van der Waals surface area contributed by atoms with Crippen LogP contribution in [0.4, 0.5) is 10.5 Å². The predicted octanol–water partition coefficient (Wildman–Crippen LogP) is 2.81. The van der Waals surface area contributed by atoms with E-state index in [1.807, 2.05) is 26.8 Å². The van der Waals surface area contributed by atoms with E-state index in [0.717, 1.165) is 11.8 Å². The van der Waals surface area contributed by atoms with Crippen LogP contribution in [0.25, 0.3) is 0 Å². The standard InChI is InChI=1S/C15H18N4O3S/c1-15(2,3)12-18-19-14(22-12)23-9-11(20)17-13(21)16-10-7-5-4-6-8-10/h4-8H,9H2,1-3H3,(H2,16,17,20,21). The van der Waals surface area contributed by atoms with Crippen molar-refractivity contribution in [2.45, 2.75) is 31.4 Å². The molecule has 2 aromatic rings. The fourth-order valence-electron chi connectivity index (χ4n) is 1.55. The number of nitrogens with one attached hydrogen (secondary N) is 2. The lowest BCUT2D eigenvalue weighted by Gasteiger charge is -2.10. The van der Waals surface area contributed by atoms with Gasteiger partial charge in [-0.05, 0) is 12.1 Å². The Morgan fingerprint density at radius 1 is 1.17 bits per heavy atom. The lowest BCUT2D eigenvalue weighted by atomic mass is 9.97. The molecule has 0 spiro atoms. The van der Waals surface area contributed by atoms with Gasteiger partial charge in [0, 0.05) is 11.1 Å². The normalized spacial score (nSPS) is 11.1. The molecule has 0 saturated carbocycles. The van der Waals surface area contributed by atoms with Crippen molar-refractivity contribution in [2.24, 2.45) is 0 Å². The Morgan fingerprint density at radius 3 is 2.48 bits per heavy atom. The van der Waals surface area contributed by atoms with Crippen LogP contribution in [0.1, 0.15) is 26.7 Å². The summed E-state index contributed by atoms with van der Waals surface area (Å²) in [6, 6.07) is 8.28. The first-order valence-corrected chi connectivity index (χ1v) is 7.96. The number of imide groups is 1. The van der Waals surface area contributed by atoms with Crippen molar-refractivity contribution in [1.82, 2.24) is 15.5 Å². The highest BCUT2D eigenvalue weighted by molar-refractivity contribution is 7.99. The van der Waals surface area contributed by atoms with Crippen molar-refractivity contribution >= 4 is 29.4 Å². The minimum atomic E-state index is -0.581. The predicted molar refractivity (Wildman–Crippen MR) is 87.3 cm³/mol. The highest BCUT2D eigenvalue weighted by atomic mass is 32.2. The summed E-state index contributed by atoms with van der Waals surface area (Å²) in [7, 11) is 0. The number of benzene rings is 1. The monoisotopic (exact) mass is 334 g/mol. The molecule has 0 aliphatic heterocycles. The number of thioether (sulfide) groups is 1. The summed E-state index contributed by atoms with van der Waals surface area (Å²) in [4.78, 5) is 23.4. The minimum Gasteiger partial charge on any atom is -0.415 e. The number of urea groups is 1. The number of rotatable bonds is 4. The maximum Gasteiger partial charge on any atom is 0.325 e. The first-order chi connectivity index (χ1) is 10.8.